The second-order valence-corrected chi connectivity index (χ2v) is 8.14. The molecule has 1 unspecified atom stereocenters. The molecule has 0 bridgehead atoms. The van der Waals surface area contributed by atoms with E-state index in [1.165, 1.54) is 18.2 Å². The van der Waals surface area contributed by atoms with E-state index in [1.54, 1.807) is 23.6 Å². The van der Waals surface area contributed by atoms with Crippen molar-refractivity contribution in [2.45, 2.75) is 58.2 Å². The number of benzene rings is 1. The van der Waals surface area contributed by atoms with Gasteiger partial charge in [0.25, 0.3) is 5.91 Å². The number of amides is 1. The molecule has 6 nitrogen and oxygen atoms in total. The number of imidazole rings is 1. The summed E-state index contributed by atoms with van der Waals surface area (Å²) in [6.45, 7) is 3.31. The van der Waals surface area contributed by atoms with Gasteiger partial charge in [0.1, 0.15) is 23.9 Å². The number of carbonyl (C=O) groups excluding carboxylic acids is 1. The fourth-order valence-electron chi connectivity index (χ4n) is 4.13. The van der Waals surface area contributed by atoms with Crippen LogP contribution in [0.2, 0.25) is 0 Å². The minimum absolute atomic E-state index is 0.0616. The first-order valence-electron chi connectivity index (χ1n) is 10.5. The molecule has 3 N–H and O–H groups in total. The first-order chi connectivity index (χ1) is 14.8. The number of hydrogen-bond donors (Lipinski definition) is 2. The lowest BCUT2D eigenvalue weighted by atomic mass is 9.91. The Bertz CT molecular complexity index is 1110. The van der Waals surface area contributed by atoms with Crippen molar-refractivity contribution in [3.63, 3.8) is 0 Å². The van der Waals surface area contributed by atoms with Gasteiger partial charge in [0.15, 0.2) is 11.4 Å². The van der Waals surface area contributed by atoms with Gasteiger partial charge in [0, 0.05) is 18.3 Å². The smallest absolute Gasteiger partial charge is 0.270 e. The lowest BCUT2D eigenvalue weighted by Gasteiger charge is -2.29. The standard InChI is InChI=1S/C23H26F2N4O2/c1-13-10-20(31-12-15-16(24)6-5-7-17(15)25)22-27-14(2)21(29(22)11-13)23(30)28-19-9-4-3-8-18(19)26/h5-7,10-11,18-19H,3-4,8-9,12,26H2,1-2H3,(H,28,30)/t18-,19?/m1/s1. The highest BCUT2D eigenvalue weighted by Gasteiger charge is 2.27. The number of pyridine rings is 1. The van der Waals surface area contributed by atoms with E-state index in [9.17, 15) is 13.6 Å². The molecule has 31 heavy (non-hydrogen) atoms. The Morgan fingerprint density at radius 1 is 1.26 bits per heavy atom. The number of nitrogens with two attached hydrogens (primary N) is 1. The van der Waals surface area contributed by atoms with Crippen LogP contribution in [0.15, 0.2) is 30.5 Å². The third kappa shape index (κ3) is 4.25. The van der Waals surface area contributed by atoms with Crippen molar-refractivity contribution < 1.29 is 18.3 Å². The lowest BCUT2D eigenvalue weighted by Crippen LogP contribution is -2.49. The SMILES string of the molecule is Cc1cc(OCc2c(F)cccc2F)c2nc(C)c(C(=O)NC3CCCC[C@H]3N)n2c1. The lowest BCUT2D eigenvalue weighted by molar-refractivity contribution is 0.0914. The molecule has 2 heterocycles. The Labute approximate surface area is 179 Å². The molecule has 1 amide bonds. The molecule has 0 spiro atoms. The molecule has 3 aromatic rings. The van der Waals surface area contributed by atoms with Crippen molar-refractivity contribution in [1.82, 2.24) is 14.7 Å². The predicted molar refractivity (Wildman–Crippen MR) is 113 cm³/mol. The third-order valence-corrected chi connectivity index (χ3v) is 5.78. The van der Waals surface area contributed by atoms with E-state index in [0.717, 1.165) is 31.2 Å². The van der Waals surface area contributed by atoms with Gasteiger partial charge in [-0.2, -0.15) is 0 Å². The zero-order chi connectivity index (χ0) is 22.1. The van der Waals surface area contributed by atoms with Crippen LogP contribution in [-0.4, -0.2) is 27.4 Å². The normalized spacial score (nSPS) is 18.9. The van der Waals surface area contributed by atoms with E-state index in [4.69, 9.17) is 10.5 Å². The van der Waals surface area contributed by atoms with Gasteiger partial charge in [0.2, 0.25) is 0 Å². The molecule has 0 radical (unpaired) electrons. The maximum absolute atomic E-state index is 14.0. The van der Waals surface area contributed by atoms with Gasteiger partial charge in [-0.1, -0.05) is 18.9 Å². The second-order valence-electron chi connectivity index (χ2n) is 8.14. The summed E-state index contributed by atoms with van der Waals surface area (Å²) in [5.41, 5.74) is 8.19. The Kier molecular flexibility index (Phi) is 5.91. The van der Waals surface area contributed by atoms with Crippen LogP contribution in [0.3, 0.4) is 0 Å². The summed E-state index contributed by atoms with van der Waals surface area (Å²) in [6, 6.07) is 5.28. The van der Waals surface area contributed by atoms with Gasteiger partial charge in [-0.15, -0.1) is 0 Å². The van der Waals surface area contributed by atoms with Gasteiger partial charge in [-0.25, -0.2) is 13.8 Å². The molecule has 164 valence electrons. The average Bonchev–Trinajstić information content (AvgIpc) is 3.05. The molecule has 2 atom stereocenters. The fraction of sp³-hybridized carbons (Fsp3) is 0.391. The fourth-order valence-corrected chi connectivity index (χ4v) is 4.13. The monoisotopic (exact) mass is 428 g/mol. The van der Waals surface area contributed by atoms with Gasteiger partial charge >= 0.3 is 0 Å². The number of fused-ring (bicyclic) bond motifs is 1. The van der Waals surface area contributed by atoms with Gasteiger partial charge in [0.05, 0.1) is 11.3 Å². The van der Waals surface area contributed by atoms with E-state index >= 15 is 0 Å². The minimum Gasteiger partial charge on any atom is -0.485 e. The van der Waals surface area contributed by atoms with Crippen molar-refractivity contribution in [2.24, 2.45) is 5.73 Å². The highest BCUT2D eigenvalue weighted by atomic mass is 19.1. The zero-order valence-electron chi connectivity index (χ0n) is 17.6. The minimum atomic E-state index is -0.674. The van der Waals surface area contributed by atoms with E-state index in [2.05, 4.69) is 10.3 Å². The first kappa shape index (κ1) is 21.2. The summed E-state index contributed by atoms with van der Waals surface area (Å²) in [5, 5.41) is 3.05. The Morgan fingerprint density at radius 2 is 1.97 bits per heavy atom. The zero-order valence-corrected chi connectivity index (χ0v) is 17.6. The van der Waals surface area contributed by atoms with E-state index in [0.29, 0.717) is 22.8 Å². The molecule has 0 aliphatic heterocycles. The summed E-state index contributed by atoms with van der Waals surface area (Å²) in [7, 11) is 0. The largest absolute Gasteiger partial charge is 0.485 e. The second kappa shape index (κ2) is 8.63. The van der Waals surface area contributed by atoms with Crippen molar-refractivity contribution >= 4 is 11.6 Å². The molecular weight excluding hydrogens is 402 g/mol. The molecule has 1 aliphatic carbocycles. The first-order valence-corrected chi connectivity index (χ1v) is 10.5. The van der Waals surface area contributed by atoms with Crippen LogP contribution in [0.5, 0.6) is 5.75 Å². The maximum Gasteiger partial charge on any atom is 0.270 e. The van der Waals surface area contributed by atoms with Crippen LogP contribution in [0.4, 0.5) is 8.78 Å². The maximum atomic E-state index is 14.0. The van der Waals surface area contributed by atoms with E-state index < -0.39 is 11.6 Å². The highest BCUT2D eigenvalue weighted by Crippen LogP contribution is 2.26. The van der Waals surface area contributed by atoms with Gasteiger partial charge in [-0.3, -0.25) is 9.20 Å². The molecule has 0 saturated heterocycles. The number of halogens is 2. The van der Waals surface area contributed by atoms with E-state index in [-0.39, 0.29) is 30.2 Å². The molecule has 8 heteroatoms. The van der Waals surface area contributed by atoms with Crippen molar-refractivity contribution in [2.75, 3.05) is 0 Å². The number of aryl methyl sites for hydroxylation is 2. The van der Waals surface area contributed by atoms with Crippen LogP contribution >= 0.6 is 0 Å². The number of nitrogens with zero attached hydrogens (tertiary/aromatic N) is 2. The van der Waals surface area contributed by atoms with Crippen LogP contribution in [0.1, 0.15) is 53.0 Å². The van der Waals surface area contributed by atoms with Crippen LogP contribution < -0.4 is 15.8 Å². The topological polar surface area (TPSA) is 81.6 Å². The molecule has 1 fully saturated rings. The summed E-state index contributed by atoms with van der Waals surface area (Å²) >= 11 is 0. The molecule has 1 aromatic carbocycles. The Hall–Kier alpha value is -3.00. The summed E-state index contributed by atoms with van der Waals surface area (Å²) in [5.74, 6) is -1.25. The van der Waals surface area contributed by atoms with Crippen LogP contribution in [0, 0.1) is 25.5 Å². The molecule has 1 saturated carbocycles. The molecule has 4 rings (SSSR count). The Morgan fingerprint density at radius 3 is 2.68 bits per heavy atom. The third-order valence-electron chi connectivity index (χ3n) is 5.78. The number of rotatable bonds is 5. The van der Waals surface area contributed by atoms with Gasteiger partial charge < -0.3 is 15.8 Å². The predicted octanol–water partition coefficient (Wildman–Crippen LogP) is 3.81. The van der Waals surface area contributed by atoms with Crippen molar-refractivity contribution in [3.8, 4) is 5.75 Å². The average molecular weight is 428 g/mol. The van der Waals surface area contributed by atoms with E-state index in [1.807, 2.05) is 6.92 Å². The van der Waals surface area contributed by atoms with Crippen LogP contribution in [-0.2, 0) is 6.61 Å². The number of aromatic nitrogens is 2. The highest BCUT2D eigenvalue weighted by molar-refractivity contribution is 5.95. The molecule has 2 aromatic heterocycles. The van der Waals surface area contributed by atoms with Crippen LogP contribution in [0.25, 0.3) is 5.65 Å². The molecule has 1 aliphatic rings. The summed E-state index contributed by atoms with van der Waals surface area (Å²) in [6.07, 6.45) is 5.64. The number of nitrogens with one attached hydrogen (secondary N) is 1. The Balaban J connectivity index is 1.64. The molecular formula is C23H26F2N4O2. The van der Waals surface area contributed by atoms with Gasteiger partial charge in [-0.05, 0) is 50.5 Å². The summed E-state index contributed by atoms with van der Waals surface area (Å²) < 4.78 is 35.4. The quantitative estimate of drug-likeness (QED) is 0.648. The van der Waals surface area contributed by atoms with Crippen molar-refractivity contribution in [3.05, 3.63) is 64.6 Å². The number of ether oxygens (including phenoxy) is 1. The number of hydrogen-bond acceptors (Lipinski definition) is 4. The van der Waals surface area contributed by atoms with Crippen molar-refractivity contribution in [1.29, 1.82) is 0 Å². The number of carbonyl (C=O) groups is 1. The summed E-state index contributed by atoms with van der Waals surface area (Å²) in [4.78, 5) is 17.6.